The Morgan fingerprint density at radius 1 is 1.39 bits per heavy atom. The van der Waals surface area contributed by atoms with Crippen molar-refractivity contribution in [2.75, 3.05) is 13.1 Å². The zero-order chi connectivity index (χ0) is 16.6. The molecular weight excluding hydrogens is 322 g/mol. The monoisotopic (exact) mass is 337 g/mol. The minimum Gasteiger partial charge on any atom is -0.408 e. The van der Waals surface area contributed by atoms with E-state index in [1.54, 1.807) is 23.1 Å². The summed E-state index contributed by atoms with van der Waals surface area (Å²) in [6.07, 6.45) is 0.747. The van der Waals surface area contributed by atoms with Gasteiger partial charge in [-0.1, -0.05) is 11.6 Å². The summed E-state index contributed by atoms with van der Waals surface area (Å²) in [7, 11) is 0. The first-order chi connectivity index (χ1) is 11.0. The minimum atomic E-state index is -0.522. The normalized spacial score (nSPS) is 17.8. The molecule has 1 aliphatic rings. The number of nitrogens with zero attached hydrogens (tertiary/aromatic N) is 2. The molecule has 23 heavy (non-hydrogen) atoms. The molecular formula is C15H16ClN3O4. The van der Waals surface area contributed by atoms with Crippen LogP contribution in [0, 0.1) is 5.92 Å². The lowest BCUT2D eigenvalue weighted by Gasteiger charge is -2.15. The van der Waals surface area contributed by atoms with Crippen molar-refractivity contribution < 1.29 is 14.0 Å². The van der Waals surface area contributed by atoms with Crippen molar-refractivity contribution in [3.05, 3.63) is 33.8 Å². The Balaban J connectivity index is 1.69. The van der Waals surface area contributed by atoms with E-state index in [4.69, 9.17) is 21.8 Å². The van der Waals surface area contributed by atoms with Gasteiger partial charge in [-0.2, -0.15) is 0 Å². The maximum atomic E-state index is 12.2. The molecule has 2 N–H and O–H groups in total. The van der Waals surface area contributed by atoms with Gasteiger partial charge in [-0.25, -0.2) is 4.79 Å². The van der Waals surface area contributed by atoms with Crippen LogP contribution in [0.25, 0.3) is 11.1 Å². The Morgan fingerprint density at radius 3 is 2.87 bits per heavy atom. The number of hydrogen-bond donors (Lipinski definition) is 1. The van der Waals surface area contributed by atoms with Gasteiger partial charge in [0, 0.05) is 37.1 Å². The molecule has 2 heterocycles. The van der Waals surface area contributed by atoms with Crippen LogP contribution >= 0.6 is 11.6 Å². The number of aromatic nitrogens is 1. The second-order valence-electron chi connectivity index (χ2n) is 5.61. The van der Waals surface area contributed by atoms with E-state index < -0.39 is 5.76 Å². The standard InChI is InChI=1S/C15H16ClN3O4/c16-10-1-2-11-12(7-10)23-15(22)19(11)6-4-13(20)18-5-3-9(8-18)14(17)21/h1-2,7,9H,3-6,8H2,(H2,17,21)/t9-/m1/s1. The number of aryl methyl sites for hydroxylation is 1. The molecule has 0 radical (unpaired) electrons. The summed E-state index contributed by atoms with van der Waals surface area (Å²) in [6.45, 7) is 1.08. The number of carbonyl (C=O) groups is 2. The Kier molecular flexibility index (Phi) is 4.12. The van der Waals surface area contributed by atoms with E-state index in [0.29, 0.717) is 35.6 Å². The highest BCUT2D eigenvalue weighted by Crippen LogP contribution is 2.20. The summed E-state index contributed by atoms with van der Waals surface area (Å²) in [4.78, 5) is 36.9. The molecule has 1 fully saturated rings. The molecule has 1 aromatic carbocycles. The maximum absolute atomic E-state index is 12.2. The number of primary amides is 1. The first kappa shape index (κ1) is 15.6. The minimum absolute atomic E-state index is 0.107. The van der Waals surface area contributed by atoms with E-state index >= 15 is 0 Å². The molecule has 122 valence electrons. The topological polar surface area (TPSA) is 98.5 Å². The van der Waals surface area contributed by atoms with Crippen LogP contribution in [-0.2, 0) is 16.1 Å². The second-order valence-corrected chi connectivity index (χ2v) is 6.05. The molecule has 0 aliphatic carbocycles. The zero-order valence-corrected chi connectivity index (χ0v) is 13.1. The molecule has 0 bridgehead atoms. The fourth-order valence-electron chi connectivity index (χ4n) is 2.84. The van der Waals surface area contributed by atoms with E-state index in [1.165, 1.54) is 4.57 Å². The first-order valence-corrected chi connectivity index (χ1v) is 7.69. The van der Waals surface area contributed by atoms with E-state index in [0.717, 1.165) is 0 Å². The third-order valence-electron chi connectivity index (χ3n) is 4.12. The third-order valence-corrected chi connectivity index (χ3v) is 4.36. The molecule has 2 amide bonds. The van der Waals surface area contributed by atoms with Crippen molar-refractivity contribution >= 4 is 34.5 Å². The van der Waals surface area contributed by atoms with Crippen LogP contribution in [0.15, 0.2) is 27.4 Å². The van der Waals surface area contributed by atoms with Gasteiger partial charge in [-0.05, 0) is 18.6 Å². The summed E-state index contributed by atoms with van der Waals surface area (Å²) in [5, 5.41) is 0.476. The number of nitrogens with two attached hydrogens (primary N) is 1. The van der Waals surface area contributed by atoms with Gasteiger partial charge in [-0.3, -0.25) is 14.2 Å². The summed E-state index contributed by atoms with van der Waals surface area (Å²) in [5.41, 5.74) is 6.25. The number of benzene rings is 1. The summed E-state index contributed by atoms with van der Waals surface area (Å²) >= 11 is 5.86. The van der Waals surface area contributed by atoms with E-state index in [-0.39, 0.29) is 30.7 Å². The molecule has 0 unspecified atom stereocenters. The fourth-order valence-corrected chi connectivity index (χ4v) is 3.00. The molecule has 3 rings (SSSR count). The predicted octanol–water partition coefficient (Wildman–Crippen LogP) is 0.972. The molecule has 7 nitrogen and oxygen atoms in total. The average Bonchev–Trinajstić information content (AvgIpc) is 3.09. The number of carbonyl (C=O) groups excluding carboxylic acids is 2. The quantitative estimate of drug-likeness (QED) is 0.898. The Bertz CT molecular complexity index is 826. The molecule has 0 saturated carbocycles. The zero-order valence-electron chi connectivity index (χ0n) is 12.3. The van der Waals surface area contributed by atoms with E-state index in [9.17, 15) is 14.4 Å². The Morgan fingerprint density at radius 2 is 2.17 bits per heavy atom. The predicted molar refractivity (Wildman–Crippen MR) is 84.0 cm³/mol. The van der Waals surface area contributed by atoms with Gasteiger partial charge in [0.25, 0.3) is 0 Å². The molecule has 1 aliphatic heterocycles. The number of likely N-dealkylation sites (tertiary alicyclic amines) is 1. The molecule has 8 heteroatoms. The maximum Gasteiger partial charge on any atom is 0.419 e. The number of halogens is 1. The van der Waals surface area contributed by atoms with Crippen LogP contribution in [0.3, 0.4) is 0 Å². The van der Waals surface area contributed by atoms with Crippen molar-refractivity contribution in [1.29, 1.82) is 0 Å². The van der Waals surface area contributed by atoms with Crippen LogP contribution in [0.5, 0.6) is 0 Å². The summed E-state index contributed by atoms with van der Waals surface area (Å²) in [6, 6.07) is 4.91. The lowest BCUT2D eigenvalue weighted by Crippen LogP contribution is -2.32. The van der Waals surface area contributed by atoms with Crippen molar-refractivity contribution in [3.63, 3.8) is 0 Å². The average molecular weight is 338 g/mol. The molecule has 0 spiro atoms. The number of hydrogen-bond acceptors (Lipinski definition) is 4. The van der Waals surface area contributed by atoms with Crippen molar-refractivity contribution in [2.45, 2.75) is 19.4 Å². The van der Waals surface area contributed by atoms with Crippen LogP contribution in [0.4, 0.5) is 0 Å². The van der Waals surface area contributed by atoms with Gasteiger partial charge < -0.3 is 15.1 Å². The Labute approximate surface area is 136 Å². The smallest absolute Gasteiger partial charge is 0.408 e. The number of fused-ring (bicyclic) bond motifs is 1. The number of amides is 2. The summed E-state index contributed by atoms with van der Waals surface area (Å²) < 4.78 is 6.53. The third kappa shape index (κ3) is 3.10. The number of rotatable bonds is 4. The van der Waals surface area contributed by atoms with Gasteiger partial charge >= 0.3 is 5.76 Å². The van der Waals surface area contributed by atoms with Crippen molar-refractivity contribution in [1.82, 2.24) is 9.47 Å². The second kappa shape index (κ2) is 6.08. The highest BCUT2D eigenvalue weighted by molar-refractivity contribution is 6.31. The van der Waals surface area contributed by atoms with Crippen molar-refractivity contribution in [2.24, 2.45) is 11.7 Å². The Hall–Kier alpha value is -2.28. The van der Waals surface area contributed by atoms with Crippen LogP contribution in [0.1, 0.15) is 12.8 Å². The van der Waals surface area contributed by atoms with Gasteiger partial charge in [-0.15, -0.1) is 0 Å². The largest absolute Gasteiger partial charge is 0.419 e. The van der Waals surface area contributed by atoms with Gasteiger partial charge in [0.1, 0.15) is 0 Å². The molecule has 1 aromatic heterocycles. The lowest BCUT2D eigenvalue weighted by molar-refractivity contribution is -0.130. The SMILES string of the molecule is NC(=O)[C@@H]1CCN(C(=O)CCn2c(=O)oc3cc(Cl)ccc32)C1. The van der Waals surface area contributed by atoms with E-state index in [2.05, 4.69) is 0 Å². The van der Waals surface area contributed by atoms with Crippen molar-refractivity contribution in [3.8, 4) is 0 Å². The molecule has 1 saturated heterocycles. The fraction of sp³-hybridized carbons (Fsp3) is 0.400. The summed E-state index contributed by atoms with van der Waals surface area (Å²) in [5.74, 6) is -1.29. The molecule has 2 aromatic rings. The van der Waals surface area contributed by atoms with Gasteiger partial charge in [0.2, 0.25) is 11.8 Å². The highest BCUT2D eigenvalue weighted by atomic mass is 35.5. The van der Waals surface area contributed by atoms with Crippen LogP contribution < -0.4 is 11.5 Å². The van der Waals surface area contributed by atoms with E-state index in [1.807, 2.05) is 0 Å². The van der Waals surface area contributed by atoms with Crippen LogP contribution in [0.2, 0.25) is 5.02 Å². The first-order valence-electron chi connectivity index (χ1n) is 7.31. The number of oxazole rings is 1. The highest BCUT2D eigenvalue weighted by Gasteiger charge is 2.29. The van der Waals surface area contributed by atoms with Crippen LogP contribution in [-0.4, -0.2) is 34.4 Å². The van der Waals surface area contributed by atoms with Gasteiger partial charge in [0.05, 0.1) is 11.4 Å². The molecule has 1 atom stereocenters. The van der Waals surface area contributed by atoms with Gasteiger partial charge in [0.15, 0.2) is 5.58 Å². The lowest BCUT2D eigenvalue weighted by atomic mass is 10.1.